The lowest BCUT2D eigenvalue weighted by atomic mass is 10.3. The van der Waals surface area contributed by atoms with Gasteiger partial charge in [0.25, 0.3) is 0 Å². The summed E-state index contributed by atoms with van der Waals surface area (Å²) in [5, 5.41) is 4.56. The second kappa shape index (κ2) is 5.42. The Bertz CT molecular complexity index is 478. The van der Waals surface area contributed by atoms with Crippen LogP contribution in [0.4, 0.5) is 0 Å². The van der Waals surface area contributed by atoms with Crippen LogP contribution in [0.1, 0.15) is 41.4 Å². The monoisotopic (exact) mass is 251 g/mol. The minimum atomic E-state index is 0.121. The van der Waals surface area contributed by atoms with E-state index in [1.165, 1.54) is 9.88 Å². The maximum atomic E-state index is 5.47. The number of hydrogen-bond acceptors (Lipinski definition) is 5. The van der Waals surface area contributed by atoms with Crippen molar-refractivity contribution in [3.8, 4) is 0 Å². The van der Waals surface area contributed by atoms with Gasteiger partial charge < -0.3 is 9.73 Å². The van der Waals surface area contributed by atoms with Crippen molar-refractivity contribution in [1.29, 1.82) is 0 Å². The van der Waals surface area contributed by atoms with Crippen molar-refractivity contribution in [2.45, 2.75) is 39.8 Å². The molecule has 0 amide bonds. The van der Waals surface area contributed by atoms with E-state index in [0.29, 0.717) is 0 Å². The maximum Gasteiger partial charge on any atom is 0.211 e. The summed E-state index contributed by atoms with van der Waals surface area (Å²) in [6, 6.07) is 0.121. The molecule has 17 heavy (non-hydrogen) atoms. The first-order chi connectivity index (χ1) is 8.19. The highest BCUT2D eigenvalue weighted by atomic mass is 32.1. The normalized spacial score (nSPS) is 12.9. The molecule has 0 saturated carbocycles. The van der Waals surface area contributed by atoms with E-state index in [9.17, 15) is 0 Å². The number of aryl methyl sites for hydroxylation is 2. The number of hydrogen-bond donors (Lipinski definition) is 1. The summed E-state index contributed by atoms with van der Waals surface area (Å²) in [7, 11) is 0. The highest BCUT2D eigenvalue weighted by Gasteiger charge is 2.11. The fourth-order valence-electron chi connectivity index (χ4n) is 1.51. The van der Waals surface area contributed by atoms with Crippen molar-refractivity contribution >= 4 is 11.3 Å². The summed E-state index contributed by atoms with van der Waals surface area (Å²) in [6.45, 7) is 6.88. The highest BCUT2D eigenvalue weighted by Crippen LogP contribution is 2.16. The first kappa shape index (κ1) is 12.3. The quantitative estimate of drug-likeness (QED) is 0.887. The Morgan fingerprint density at radius 1 is 1.41 bits per heavy atom. The van der Waals surface area contributed by atoms with Crippen LogP contribution in [-0.2, 0) is 13.0 Å². The molecule has 2 aromatic heterocycles. The SMILES string of the molecule is CCc1ncc(CNC(C)c2ncc(C)o2)s1. The Labute approximate surface area is 105 Å². The topological polar surface area (TPSA) is 51.0 Å². The Morgan fingerprint density at radius 3 is 2.82 bits per heavy atom. The predicted molar refractivity (Wildman–Crippen MR) is 68.0 cm³/mol. The lowest BCUT2D eigenvalue weighted by Gasteiger charge is -2.08. The van der Waals surface area contributed by atoms with E-state index in [1.54, 1.807) is 17.5 Å². The average molecular weight is 251 g/mol. The summed E-state index contributed by atoms with van der Waals surface area (Å²) in [5.74, 6) is 1.59. The van der Waals surface area contributed by atoms with Crippen molar-refractivity contribution in [2.75, 3.05) is 0 Å². The molecular formula is C12H17N3OS. The van der Waals surface area contributed by atoms with Gasteiger partial charge in [-0.15, -0.1) is 11.3 Å². The summed E-state index contributed by atoms with van der Waals surface area (Å²) < 4.78 is 5.47. The maximum absolute atomic E-state index is 5.47. The van der Waals surface area contributed by atoms with Gasteiger partial charge in [0.05, 0.1) is 17.2 Å². The Hall–Kier alpha value is -1.20. The smallest absolute Gasteiger partial charge is 0.211 e. The van der Waals surface area contributed by atoms with Crippen LogP contribution in [0.5, 0.6) is 0 Å². The molecule has 5 heteroatoms. The van der Waals surface area contributed by atoms with Gasteiger partial charge in [-0.2, -0.15) is 0 Å². The summed E-state index contributed by atoms with van der Waals surface area (Å²) in [6.07, 6.45) is 4.68. The lowest BCUT2D eigenvalue weighted by molar-refractivity contribution is 0.403. The van der Waals surface area contributed by atoms with E-state index < -0.39 is 0 Å². The Kier molecular flexibility index (Phi) is 3.91. The van der Waals surface area contributed by atoms with Crippen molar-refractivity contribution < 1.29 is 4.42 Å². The van der Waals surface area contributed by atoms with Gasteiger partial charge in [0.15, 0.2) is 0 Å². The van der Waals surface area contributed by atoms with Gasteiger partial charge in [0.2, 0.25) is 5.89 Å². The lowest BCUT2D eigenvalue weighted by Crippen LogP contribution is -2.17. The van der Waals surface area contributed by atoms with E-state index in [-0.39, 0.29) is 6.04 Å². The van der Waals surface area contributed by atoms with Crippen LogP contribution in [0.3, 0.4) is 0 Å². The molecule has 2 aromatic rings. The van der Waals surface area contributed by atoms with Crippen LogP contribution in [0.25, 0.3) is 0 Å². The van der Waals surface area contributed by atoms with Crippen LogP contribution < -0.4 is 5.32 Å². The van der Waals surface area contributed by atoms with Gasteiger partial charge in [-0.05, 0) is 20.3 Å². The molecular weight excluding hydrogens is 234 g/mol. The van der Waals surface area contributed by atoms with Gasteiger partial charge in [0.1, 0.15) is 5.76 Å². The second-order valence-corrected chi connectivity index (χ2v) is 5.19. The Balaban J connectivity index is 1.89. The predicted octanol–water partition coefficient (Wildman–Crippen LogP) is 2.85. The zero-order valence-corrected chi connectivity index (χ0v) is 11.2. The first-order valence-electron chi connectivity index (χ1n) is 5.78. The molecule has 4 nitrogen and oxygen atoms in total. The second-order valence-electron chi connectivity index (χ2n) is 3.99. The molecule has 1 atom stereocenters. The van der Waals surface area contributed by atoms with E-state index in [0.717, 1.165) is 24.6 Å². The number of nitrogens with zero attached hydrogens (tertiary/aromatic N) is 2. The average Bonchev–Trinajstić information content (AvgIpc) is 2.94. The number of rotatable bonds is 5. The van der Waals surface area contributed by atoms with E-state index in [1.807, 2.05) is 20.0 Å². The molecule has 0 aliphatic carbocycles. The van der Waals surface area contributed by atoms with Crippen LogP contribution in [0.2, 0.25) is 0 Å². The molecule has 0 aliphatic rings. The molecule has 0 spiro atoms. The molecule has 2 heterocycles. The summed E-state index contributed by atoms with van der Waals surface area (Å²) >= 11 is 1.75. The van der Waals surface area contributed by atoms with Crippen molar-refractivity contribution in [1.82, 2.24) is 15.3 Å². The van der Waals surface area contributed by atoms with E-state index >= 15 is 0 Å². The van der Waals surface area contributed by atoms with Crippen LogP contribution >= 0.6 is 11.3 Å². The number of thiazole rings is 1. The fraction of sp³-hybridized carbons (Fsp3) is 0.500. The van der Waals surface area contributed by atoms with Crippen LogP contribution in [0, 0.1) is 6.92 Å². The number of aromatic nitrogens is 2. The first-order valence-corrected chi connectivity index (χ1v) is 6.60. The minimum absolute atomic E-state index is 0.121. The molecule has 1 N–H and O–H groups in total. The fourth-order valence-corrected chi connectivity index (χ4v) is 2.32. The molecule has 0 fully saturated rings. The number of nitrogens with one attached hydrogen (secondary N) is 1. The molecule has 2 rings (SSSR count). The van der Waals surface area contributed by atoms with Gasteiger partial charge in [0, 0.05) is 17.6 Å². The molecule has 0 radical (unpaired) electrons. The van der Waals surface area contributed by atoms with Gasteiger partial charge in [-0.25, -0.2) is 9.97 Å². The standard InChI is InChI=1S/C12H17N3OS/c1-4-11-14-7-10(17-11)6-13-9(3)12-15-5-8(2)16-12/h5,7,9,13H,4,6H2,1-3H3. The van der Waals surface area contributed by atoms with E-state index in [2.05, 4.69) is 22.2 Å². The zero-order chi connectivity index (χ0) is 12.3. The molecule has 1 unspecified atom stereocenters. The molecule has 0 aliphatic heterocycles. The van der Waals surface area contributed by atoms with Crippen molar-refractivity contribution in [2.24, 2.45) is 0 Å². The highest BCUT2D eigenvalue weighted by molar-refractivity contribution is 7.11. The zero-order valence-electron chi connectivity index (χ0n) is 10.4. The summed E-state index contributed by atoms with van der Waals surface area (Å²) in [4.78, 5) is 9.78. The van der Waals surface area contributed by atoms with Crippen LogP contribution in [0.15, 0.2) is 16.8 Å². The Morgan fingerprint density at radius 2 is 2.24 bits per heavy atom. The van der Waals surface area contributed by atoms with E-state index in [4.69, 9.17) is 4.42 Å². The molecule has 92 valence electrons. The van der Waals surface area contributed by atoms with Crippen LogP contribution in [-0.4, -0.2) is 9.97 Å². The third-order valence-corrected chi connectivity index (χ3v) is 3.64. The minimum Gasteiger partial charge on any atom is -0.444 e. The molecule has 0 saturated heterocycles. The van der Waals surface area contributed by atoms with Gasteiger partial charge >= 0.3 is 0 Å². The summed E-state index contributed by atoms with van der Waals surface area (Å²) in [5.41, 5.74) is 0. The third-order valence-electron chi connectivity index (χ3n) is 2.50. The molecule has 0 aromatic carbocycles. The van der Waals surface area contributed by atoms with Gasteiger partial charge in [-0.3, -0.25) is 0 Å². The number of oxazole rings is 1. The molecule has 0 bridgehead atoms. The van der Waals surface area contributed by atoms with Crippen molar-refractivity contribution in [3.05, 3.63) is 33.9 Å². The van der Waals surface area contributed by atoms with Gasteiger partial charge in [-0.1, -0.05) is 6.92 Å². The van der Waals surface area contributed by atoms with Crippen molar-refractivity contribution in [3.63, 3.8) is 0 Å². The largest absolute Gasteiger partial charge is 0.444 e. The third kappa shape index (κ3) is 3.14.